The lowest BCUT2D eigenvalue weighted by Gasteiger charge is -2.33. The van der Waals surface area contributed by atoms with Gasteiger partial charge >= 0.3 is 0 Å². The highest BCUT2D eigenvalue weighted by atomic mass is 127. The average molecular weight is 504 g/mol. The van der Waals surface area contributed by atoms with Gasteiger partial charge in [0, 0.05) is 39.8 Å². The first-order valence-corrected chi connectivity index (χ1v) is 10.7. The van der Waals surface area contributed by atoms with Crippen LogP contribution in [0.4, 0.5) is 0 Å². The molecule has 0 aromatic heterocycles. The molecular weight excluding hydrogens is 467 g/mol. The van der Waals surface area contributed by atoms with Crippen molar-refractivity contribution in [1.82, 2.24) is 14.9 Å². The minimum absolute atomic E-state index is 0. The molecule has 0 aliphatic carbocycles. The van der Waals surface area contributed by atoms with Crippen LogP contribution in [0.2, 0.25) is 0 Å². The van der Waals surface area contributed by atoms with Crippen molar-refractivity contribution in [3.8, 4) is 0 Å². The molecule has 0 saturated carbocycles. The van der Waals surface area contributed by atoms with Gasteiger partial charge in [-0.05, 0) is 24.7 Å². The van der Waals surface area contributed by atoms with Crippen molar-refractivity contribution in [3.63, 3.8) is 0 Å². The van der Waals surface area contributed by atoms with Crippen LogP contribution in [-0.2, 0) is 14.8 Å². The molecule has 0 radical (unpaired) electrons. The molecule has 0 bridgehead atoms. The molecule has 1 aliphatic heterocycles. The van der Waals surface area contributed by atoms with Gasteiger partial charge in [0.1, 0.15) is 0 Å². The van der Waals surface area contributed by atoms with Gasteiger partial charge in [-0.2, -0.15) is 0 Å². The Morgan fingerprint density at radius 2 is 1.88 bits per heavy atom. The first kappa shape index (κ1) is 25.9. The van der Waals surface area contributed by atoms with Gasteiger partial charge in [0.05, 0.1) is 11.9 Å². The average Bonchev–Trinajstić information content (AvgIpc) is 2.53. The number of nitrogens with one attached hydrogen (secondary N) is 2. The van der Waals surface area contributed by atoms with E-state index in [0.29, 0.717) is 26.1 Å². The summed E-state index contributed by atoms with van der Waals surface area (Å²) in [6, 6.07) is 0.231. The predicted octanol–water partition coefficient (Wildman–Crippen LogP) is 2.03. The topological polar surface area (TPSA) is 83.0 Å². The van der Waals surface area contributed by atoms with Crippen molar-refractivity contribution < 1.29 is 13.2 Å². The van der Waals surface area contributed by atoms with Gasteiger partial charge in [0.15, 0.2) is 5.96 Å². The van der Waals surface area contributed by atoms with Crippen molar-refractivity contribution in [2.24, 2.45) is 10.4 Å². The van der Waals surface area contributed by atoms with E-state index in [2.05, 4.69) is 36.4 Å². The first-order valence-electron chi connectivity index (χ1n) is 9.11. The van der Waals surface area contributed by atoms with Crippen LogP contribution < -0.4 is 10.6 Å². The Labute approximate surface area is 176 Å². The first-order chi connectivity index (χ1) is 11.6. The molecule has 0 aromatic carbocycles. The minimum Gasteiger partial charge on any atom is -0.379 e. The van der Waals surface area contributed by atoms with Gasteiger partial charge in [0.2, 0.25) is 10.0 Å². The van der Waals surface area contributed by atoms with E-state index >= 15 is 0 Å². The van der Waals surface area contributed by atoms with Gasteiger partial charge in [-0.15, -0.1) is 24.0 Å². The molecule has 9 heteroatoms. The largest absolute Gasteiger partial charge is 0.379 e. The van der Waals surface area contributed by atoms with Crippen LogP contribution in [0.3, 0.4) is 0 Å². The Kier molecular flexibility index (Phi) is 11.6. The van der Waals surface area contributed by atoms with Gasteiger partial charge in [-0.25, -0.2) is 12.7 Å². The summed E-state index contributed by atoms with van der Waals surface area (Å²) in [6.45, 7) is 10.1. The van der Waals surface area contributed by atoms with Crippen LogP contribution in [0.5, 0.6) is 0 Å². The summed E-state index contributed by atoms with van der Waals surface area (Å²) in [5.74, 6) is 0.973. The highest BCUT2D eigenvalue weighted by Gasteiger charge is 2.28. The maximum Gasteiger partial charge on any atom is 0.214 e. The second kappa shape index (κ2) is 11.7. The summed E-state index contributed by atoms with van der Waals surface area (Å²) < 4.78 is 31.4. The molecule has 26 heavy (non-hydrogen) atoms. The number of aliphatic imine (C=N–C) groups is 1. The second-order valence-corrected chi connectivity index (χ2v) is 9.77. The maximum absolute atomic E-state index is 12.1. The lowest BCUT2D eigenvalue weighted by molar-refractivity contribution is 0.0205. The number of rotatable bonds is 7. The number of sulfonamides is 1. The molecule has 1 aliphatic rings. The van der Waals surface area contributed by atoms with Crippen LogP contribution in [0, 0.1) is 5.41 Å². The Bertz CT molecular complexity index is 527. The molecule has 1 unspecified atom stereocenters. The van der Waals surface area contributed by atoms with E-state index in [1.165, 1.54) is 0 Å². The molecule has 156 valence electrons. The fourth-order valence-corrected chi connectivity index (χ4v) is 4.53. The van der Waals surface area contributed by atoms with Gasteiger partial charge in [-0.3, -0.25) is 4.99 Å². The molecule has 2 N–H and O–H groups in total. The third-order valence-electron chi connectivity index (χ3n) is 4.58. The zero-order chi connectivity index (χ0) is 19.1. The monoisotopic (exact) mass is 504 g/mol. The number of ether oxygens (including phenoxy) is 1. The Morgan fingerprint density at radius 3 is 2.31 bits per heavy atom. The van der Waals surface area contributed by atoms with E-state index in [9.17, 15) is 8.42 Å². The smallest absolute Gasteiger partial charge is 0.214 e. The van der Waals surface area contributed by atoms with Crippen LogP contribution in [0.1, 0.15) is 47.0 Å². The number of nitrogens with zero attached hydrogens (tertiary/aromatic N) is 2. The Morgan fingerprint density at radius 1 is 1.31 bits per heavy atom. The molecular formula is C17H37IN4O3S. The molecule has 1 rings (SSSR count). The number of methoxy groups -OCH3 is 1. The number of hydrogen-bond donors (Lipinski definition) is 2. The van der Waals surface area contributed by atoms with Crippen LogP contribution in [-0.4, -0.2) is 70.4 Å². The van der Waals surface area contributed by atoms with E-state index < -0.39 is 10.0 Å². The summed E-state index contributed by atoms with van der Waals surface area (Å²) in [4.78, 5) is 4.27. The van der Waals surface area contributed by atoms with Crippen LogP contribution in [0.15, 0.2) is 4.99 Å². The van der Waals surface area contributed by atoms with Gasteiger partial charge < -0.3 is 15.4 Å². The SMILES string of the molecule is CCCS(=O)(=O)N1CCC(NC(=NC)NCC(OC)C(C)(C)C)CC1.I. The molecule has 0 aromatic rings. The van der Waals surface area contributed by atoms with Crippen molar-refractivity contribution >= 4 is 40.0 Å². The molecule has 7 nitrogen and oxygen atoms in total. The molecule has 1 atom stereocenters. The lowest BCUT2D eigenvalue weighted by atomic mass is 9.89. The molecule has 0 amide bonds. The Balaban J connectivity index is 0.00000625. The van der Waals surface area contributed by atoms with Crippen molar-refractivity contribution in [2.45, 2.75) is 59.1 Å². The maximum atomic E-state index is 12.1. The van der Waals surface area contributed by atoms with E-state index in [1.54, 1.807) is 18.5 Å². The fraction of sp³-hybridized carbons (Fsp3) is 0.941. The van der Waals surface area contributed by atoms with Crippen LogP contribution >= 0.6 is 24.0 Å². The van der Waals surface area contributed by atoms with Crippen molar-refractivity contribution in [1.29, 1.82) is 0 Å². The number of halogens is 1. The summed E-state index contributed by atoms with van der Waals surface area (Å²) in [5.41, 5.74) is 0.0412. The second-order valence-electron chi connectivity index (χ2n) is 7.68. The van der Waals surface area contributed by atoms with E-state index in [0.717, 1.165) is 18.8 Å². The van der Waals surface area contributed by atoms with Crippen LogP contribution in [0.25, 0.3) is 0 Å². The molecule has 1 heterocycles. The van der Waals surface area contributed by atoms with E-state index in [4.69, 9.17) is 4.74 Å². The summed E-state index contributed by atoms with van der Waals surface area (Å²) in [7, 11) is 0.379. The quantitative estimate of drug-likeness (QED) is 0.315. The summed E-state index contributed by atoms with van der Waals surface area (Å²) in [5, 5.41) is 6.72. The minimum atomic E-state index is -3.09. The number of hydrogen-bond acceptors (Lipinski definition) is 4. The fourth-order valence-electron chi connectivity index (χ4n) is 2.99. The summed E-state index contributed by atoms with van der Waals surface area (Å²) >= 11 is 0. The number of piperidine rings is 1. The zero-order valence-electron chi connectivity index (χ0n) is 17.0. The highest BCUT2D eigenvalue weighted by molar-refractivity contribution is 14.0. The van der Waals surface area contributed by atoms with Gasteiger partial charge in [-0.1, -0.05) is 27.7 Å². The van der Waals surface area contributed by atoms with Gasteiger partial charge in [0.25, 0.3) is 0 Å². The standard InChI is InChI=1S/C17H36N4O3S.HI/c1-7-12-25(22,23)21-10-8-14(9-11-21)20-16(18-5)19-13-15(24-6)17(2,3)4;/h14-15H,7-13H2,1-6H3,(H2,18,19,20);1H. The van der Waals surface area contributed by atoms with Crippen molar-refractivity contribution in [2.75, 3.05) is 39.5 Å². The van der Waals surface area contributed by atoms with E-state index in [1.807, 2.05) is 6.92 Å². The normalized spacial score (nSPS) is 18.9. The third-order valence-corrected chi connectivity index (χ3v) is 6.66. The molecule has 1 saturated heterocycles. The number of guanidine groups is 1. The highest BCUT2D eigenvalue weighted by Crippen LogP contribution is 2.21. The Hall–Kier alpha value is -0.130. The zero-order valence-corrected chi connectivity index (χ0v) is 20.2. The van der Waals surface area contributed by atoms with E-state index in [-0.39, 0.29) is 47.3 Å². The predicted molar refractivity (Wildman–Crippen MR) is 119 cm³/mol. The summed E-state index contributed by atoms with van der Waals surface area (Å²) in [6.07, 6.45) is 2.31. The molecule has 1 fully saturated rings. The lowest BCUT2D eigenvalue weighted by Crippen LogP contribution is -2.51. The van der Waals surface area contributed by atoms with Crippen molar-refractivity contribution in [3.05, 3.63) is 0 Å². The molecule has 0 spiro atoms. The third kappa shape index (κ3) is 8.26.